The second-order valence-corrected chi connectivity index (χ2v) is 7.20. The van der Waals surface area contributed by atoms with Crippen molar-refractivity contribution in [2.24, 2.45) is 0 Å². The molecule has 25 heavy (non-hydrogen) atoms. The standard InChI is InChI=1S/C21H27NO3/c23-17(14-22-12-13-24-21-10-4-3-9-19(21)22)15-25-20-11-5-7-16-6-1-2-8-18(16)20/h1-2,5-8,11,17,19,21,23H,3-4,9-10,12-15H2/t17-,19+,21+/m0/s1. The lowest BCUT2D eigenvalue weighted by atomic mass is 9.90. The molecular weight excluding hydrogens is 314 g/mol. The first kappa shape index (κ1) is 16.8. The van der Waals surface area contributed by atoms with Crippen LogP contribution in [0.25, 0.3) is 10.8 Å². The third-order valence-electron chi connectivity index (χ3n) is 5.47. The molecule has 0 spiro atoms. The number of rotatable bonds is 5. The predicted octanol–water partition coefficient (Wildman–Crippen LogP) is 3.22. The maximum Gasteiger partial charge on any atom is 0.127 e. The van der Waals surface area contributed by atoms with Crippen molar-refractivity contribution in [3.8, 4) is 5.75 Å². The summed E-state index contributed by atoms with van der Waals surface area (Å²) in [5, 5.41) is 12.8. The van der Waals surface area contributed by atoms with Crippen molar-refractivity contribution in [1.29, 1.82) is 0 Å². The van der Waals surface area contributed by atoms with Gasteiger partial charge in [0.15, 0.2) is 0 Å². The second kappa shape index (κ2) is 7.73. The fourth-order valence-corrected chi connectivity index (χ4v) is 4.23. The molecule has 4 heteroatoms. The van der Waals surface area contributed by atoms with Crippen molar-refractivity contribution in [3.05, 3.63) is 42.5 Å². The van der Waals surface area contributed by atoms with Gasteiger partial charge in [0.1, 0.15) is 18.5 Å². The molecule has 2 aliphatic rings. The molecular formula is C21H27NO3. The van der Waals surface area contributed by atoms with E-state index in [0.717, 1.165) is 36.1 Å². The van der Waals surface area contributed by atoms with Crippen LogP contribution in [-0.4, -0.2) is 54.6 Å². The smallest absolute Gasteiger partial charge is 0.127 e. The van der Waals surface area contributed by atoms with Gasteiger partial charge in [0.05, 0.1) is 12.7 Å². The van der Waals surface area contributed by atoms with E-state index < -0.39 is 6.10 Å². The van der Waals surface area contributed by atoms with E-state index in [-0.39, 0.29) is 0 Å². The number of morpholine rings is 1. The van der Waals surface area contributed by atoms with Crippen molar-refractivity contribution in [1.82, 2.24) is 4.90 Å². The maximum absolute atomic E-state index is 10.5. The average molecular weight is 341 g/mol. The Hall–Kier alpha value is -1.62. The summed E-state index contributed by atoms with van der Waals surface area (Å²) in [6, 6.07) is 14.7. The summed E-state index contributed by atoms with van der Waals surface area (Å²) >= 11 is 0. The molecule has 1 N–H and O–H groups in total. The lowest BCUT2D eigenvalue weighted by Crippen LogP contribution is -2.55. The molecule has 2 aromatic rings. The molecule has 1 heterocycles. The third-order valence-corrected chi connectivity index (χ3v) is 5.47. The van der Waals surface area contributed by atoms with E-state index >= 15 is 0 Å². The van der Waals surface area contributed by atoms with Crippen LogP contribution in [0.3, 0.4) is 0 Å². The summed E-state index contributed by atoms with van der Waals surface area (Å²) in [5.74, 6) is 0.842. The predicted molar refractivity (Wildman–Crippen MR) is 99.0 cm³/mol. The summed E-state index contributed by atoms with van der Waals surface area (Å²) in [6.45, 7) is 2.67. The number of β-amino-alcohol motifs (C(OH)–C–C–N with tert-alkyl or cyclic N) is 1. The van der Waals surface area contributed by atoms with Gasteiger partial charge in [-0.2, -0.15) is 0 Å². The van der Waals surface area contributed by atoms with Crippen LogP contribution < -0.4 is 4.74 Å². The second-order valence-electron chi connectivity index (χ2n) is 7.20. The van der Waals surface area contributed by atoms with Crippen LogP contribution in [0, 0.1) is 0 Å². The Bertz CT molecular complexity index is 697. The Morgan fingerprint density at radius 2 is 1.96 bits per heavy atom. The summed E-state index contributed by atoms with van der Waals surface area (Å²) in [6.07, 6.45) is 4.74. The van der Waals surface area contributed by atoms with Crippen molar-refractivity contribution in [3.63, 3.8) is 0 Å². The van der Waals surface area contributed by atoms with Gasteiger partial charge < -0.3 is 14.6 Å². The van der Waals surface area contributed by atoms with E-state index in [2.05, 4.69) is 23.1 Å². The Morgan fingerprint density at radius 1 is 1.12 bits per heavy atom. The number of hydrogen-bond acceptors (Lipinski definition) is 4. The maximum atomic E-state index is 10.5. The van der Waals surface area contributed by atoms with E-state index in [4.69, 9.17) is 9.47 Å². The number of hydrogen-bond donors (Lipinski definition) is 1. The number of nitrogens with zero attached hydrogens (tertiary/aromatic N) is 1. The van der Waals surface area contributed by atoms with Crippen LogP contribution in [-0.2, 0) is 4.74 Å². The molecule has 134 valence electrons. The summed E-state index contributed by atoms with van der Waals surface area (Å²) in [7, 11) is 0. The highest BCUT2D eigenvalue weighted by atomic mass is 16.5. The van der Waals surface area contributed by atoms with E-state index in [1.165, 1.54) is 19.3 Å². The van der Waals surface area contributed by atoms with E-state index in [9.17, 15) is 5.11 Å². The molecule has 0 amide bonds. The first-order chi connectivity index (χ1) is 12.3. The van der Waals surface area contributed by atoms with Gasteiger partial charge in [0, 0.05) is 24.5 Å². The van der Waals surface area contributed by atoms with Gasteiger partial charge in [0.25, 0.3) is 0 Å². The van der Waals surface area contributed by atoms with Crippen LogP contribution >= 0.6 is 0 Å². The highest BCUT2D eigenvalue weighted by Gasteiger charge is 2.34. The van der Waals surface area contributed by atoms with Gasteiger partial charge in [-0.25, -0.2) is 0 Å². The average Bonchev–Trinajstić information content (AvgIpc) is 2.66. The zero-order valence-corrected chi connectivity index (χ0v) is 14.6. The van der Waals surface area contributed by atoms with Crippen molar-refractivity contribution in [2.75, 3.05) is 26.3 Å². The van der Waals surface area contributed by atoms with Crippen molar-refractivity contribution < 1.29 is 14.6 Å². The largest absolute Gasteiger partial charge is 0.490 e. The van der Waals surface area contributed by atoms with Gasteiger partial charge >= 0.3 is 0 Å². The molecule has 2 aromatic carbocycles. The topological polar surface area (TPSA) is 41.9 Å². The molecule has 3 atom stereocenters. The fourth-order valence-electron chi connectivity index (χ4n) is 4.23. The molecule has 1 aliphatic carbocycles. The van der Waals surface area contributed by atoms with Crippen LogP contribution in [0.2, 0.25) is 0 Å². The number of fused-ring (bicyclic) bond motifs is 2. The number of ether oxygens (including phenoxy) is 2. The quantitative estimate of drug-likeness (QED) is 0.907. The Balaban J connectivity index is 1.36. The molecule has 0 unspecified atom stereocenters. The number of aliphatic hydroxyl groups is 1. The molecule has 1 saturated carbocycles. The summed E-state index contributed by atoms with van der Waals surface area (Å²) < 4.78 is 11.9. The van der Waals surface area contributed by atoms with Gasteiger partial charge in [-0.05, 0) is 24.3 Å². The van der Waals surface area contributed by atoms with E-state index in [0.29, 0.717) is 25.3 Å². The molecule has 0 radical (unpaired) electrons. The number of aliphatic hydroxyl groups excluding tert-OH is 1. The van der Waals surface area contributed by atoms with E-state index in [1.807, 2.05) is 24.3 Å². The number of benzene rings is 2. The summed E-state index contributed by atoms with van der Waals surface area (Å²) in [4.78, 5) is 2.41. The van der Waals surface area contributed by atoms with Crippen LogP contribution in [0.15, 0.2) is 42.5 Å². The lowest BCUT2D eigenvalue weighted by Gasteiger charge is -2.44. The monoisotopic (exact) mass is 341 g/mol. The zero-order chi connectivity index (χ0) is 17.1. The molecule has 4 nitrogen and oxygen atoms in total. The van der Waals surface area contributed by atoms with Crippen LogP contribution in [0.1, 0.15) is 25.7 Å². The molecule has 0 aromatic heterocycles. The van der Waals surface area contributed by atoms with Crippen molar-refractivity contribution in [2.45, 2.75) is 43.9 Å². The van der Waals surface area contributed by atoms with Crippen LogP contribution in [0.5, 0.6) is 5.75 Å². The Labute approximate surface area is 149 Å². The zero-order valence-electron chi connectivity index (χ0n) is 14.6. The van der Waals surface area contributed by atoms with Crippen molar-refractivity contribution >= 4 is 10.8 Å². The third kappa shape index (κ3) is 3.81. The Morgan fingerprint density at radius 3 is 2.92 bits per heavy atom. The molecule has 1 aliphatic heterocycles. The fraction of sp³-hybridized carbons (Fsp3) is 0.524. The highest BCUT2D eigenvalue weighted by molar-refractivity contribution is 5.88. The first-order valence-electron chi connectivity index (χ1n) is 9.45. The molecule has 2 fully saturated rings. The minimum Gasteiger partial charge on any atom is -0.490 e. The molecule has 1 saturated heterocycles. The van der Waals surface area contributed by atoms with Gasteiger partial charge in [-0.1, -0.05) is 49.2 Å². The summed E-state index contributed by atoms with van der Waals surface area (Å²) in [5.41, 5.74) is 0. The minimum atomic E-state index is -0.486. The van der Waals surface area contributed by atoms with Gasteiger partial charge in [-0.3, -0.25) is 4.90 Å². The molecule has 4 rings (SSSR count). The normalized spacial score (nSPS) is 25.5. The highest BCUT2D eigenvalue weighted by Crippen LogP contribution is 2.29. The first-order valence-corrected chi connectivity index (χ1v) is 9.45. The lowest BCUT2D eigenvalue weighted by molar-refractivity contribution is -0.0992. The minimum absolute atomic E-state index is 0.322. The Kier molecular flexibility index (Phi) is 5.20. The van der Waals surface area contributed by atoms with Gasteiger partial charge in [0.2, 0.25) is 0 Å². The van der Waals surface area contributed by atoms with Crippen LogP contribution in [0.4, 0.5) is 0 Å². The molecule has 0 bridgehead atoms. The van der Waals surface area contributed by atoms with E-state index in [1.54, 1.807) is 0 Å². The SMILES string of the molecule is O[C@H](COc1cccc2ccccc12)CN1CCO[C@@H]2CCCC[C@H]21. The van der Waals surface area contributed by atoms with Gasteiger partial charge in [-0.15, -0.1) is 0 Å².